The van der Waals surface area contributed by atoms with Gasteiger partial charge in [-0.25, -0.2) is 13.2 Å². The third-order valence-corrected chi connectivity index (χ3v) is 8.66. The normalized spacial score (nSPS) is 18.4. The second kappa shape index (κ2) is 10.5. The zero-order valence-electron chi connectivity index (χ0n) is 20.0. The molecule has 0 unspecified atom stereocenters. The van der Waals surface area contributed by atoms with Crippen molar-refractivity contribution in [1.29, 1.82) is 0 Å². The number of carbonyl (C=O) groups is 1. The second-order valence-electron chi connectivity index (χ2n) is 8.43. The van der Waals surface area contributed by atoms with Gasteiger partial charge in [-0.3, -0.25) is 0 Å². The minimum Gasteiger partial charge on any atom is -0.493 e. The van der Waals surface area contributed by atoms with E-state index in [1.54, 1.807) is 72.8 Å². The highest BCUT2D eigenvalue weighted by molar-refractivity contribution is 9.10. The molecule has 0 spiro atoms. The van der Waals surface area contributed by atoms with Crippen LogP contribution < -0.4 is 9.47 Å². The molecule has 1 aliphatic rings. The number of aliphatic carboxylic acids is 1. The Morgan fingerprint density at radius 2 is 1.56 bits per heavy atom. The van der Waals surface area contributed by atoms with Gasteiger partial charge in [0.15, 0.2) is 11.5 Å². The number of ether oxygens (including phenoxy) is 2. The minimum absolute atomic E-state index is 0.00438. The predicted molar refractivity (Wildman–Crippen MR) is 140 cm³/mol. The molecule has 0 radical (unpaired) electrons. The molecule has 3 aromatic rings. The molecule has 2 atom stereocenters. The number of benzene rings is 3. The van der Waals surface area contributed by atoms with Gasteiger partial charge in [0.2, 0.25) is 10.0 Å². The van der Waals surface area contributed by atoms with Gasteiger partial charge < -0.3 is 14.6 Å². The Morgan fingerprint density at radius 3 is 2.14 bits per heavy atom. The molecule has 0 fully saturated rings. The van der Waals surface area contributed by atoms with E-state index in [-0.39, 0.29) is 16.9 Å². The lowest BCUT2D eigenvalue weighted by Gasteiger charge is -2.40. The fraction of sp³-hybridized carbons (Fsp3) is 0.222. The summed E-state index contributed by atoms with van der Waals surface area (Å²) < 4.78 is 41.4. The summed E-state index contributed by atoms with van der Waals surface area (Å²) in [6, 6.07) is 17.1. The Hall–Kier alpha value is -3.14. The van der Waals surface area contributed by atoms with Gasteiger partial charge in [-0.2, -0.15) is 4.31 Å². The van der Waals surface area contributed by atoms with Gasteiger partial charge in [0, 0.05) is 4.47 Å². The molecule has 36 heavy (non-hydrogen) atoms. The summed E-state index contributed by atoms with van der Waals surface area (Å²) in [6.45, 7) is 1.87. The molecule has 1 aliphatic heterocycles. The highest BCUT2D eigenvalue weighted by Crippen LogP contribution is 2.47. The van der Waals surface area contributed by atoms with Crippen molar-refractivity contribution in [2.45, 2.75) is 30.3 Å². The van der Waals surface area contributed by atoms with Crippen LogP contribution in [0.2, 0.25) is 0 Å². The Labute approximate surface area is 219 Å². The van der Waals surface area contributed by atoms with Gasteiger partial charge in [-0.1, -0.05) is 57.9 Å². The van der Waals surface area contributed by atoms with E-state index in [2.05, 4.69) is 15.9 Å². The van der Waals surface area contributed by atoms with Crippen molar-refractivity contribution in [1.82, 2.24) is 4.31 Å². The maximum absolute atomic E-state index is 14.2. The van der Waals surface area contributed by atoms with Crippen LogP contribution in [0.1, 0.15) is 35.2 Å². The van der Waals surface area contributed by atoms with Crippen molar-refractivity contribution < 1.29 is 27.8 Å². The number of sulfonamides is 1. The first-order valence-electron chi connectivity index (χ1n) is 11.2. The maximum Gasteiger partial charge on any atom is 0.333 e. The lowest BCUT2D eigenvalue weighted by molar-refractivity contribution is -0.133. The maximum atomic E-state index is 14.2. The molecule has 9 heteroatoms. The van der Waals surface area contributed by atoms with Crippen LogP contribution in [0.5, 0.6) is 11.5 Å². The zero-order valence-corrected chi connectivity index (χ0v) is 22.4. The highest BCUT2D eigenvalue weighted by Gasteiger charge is 2.44. The van der Waals surface area contributed by atoms with E-state index in [1.807, 2.05) is 6.92 Å². The van der Waals surface area contributed by atoms with Crippen LogP contribution in [0.15, 0.2) is 87.7 Å². The highest BCUT2D eigenvalue weighted by atomic mass is 79.9. The number of halogens is 1. The average Bonchev–Trinajstić information content (AvgIpc) is 2.88. The van der Waals surface area contributed by atoms with Gasteiger partial charge in [-0.05, 0) is 60.9 Å². The SMILES string of the molecule is COc1ccc([C@@H]2CC=C(C(=O)O)[C@H](c3ccc(Br)cc3)N2S(=O)(=O)c2ccc(C)cc2)cc1OC. The van der Waals surface area contributed by atoms with Crippen molar-refractivity contribution in [2.75, 3.05) is 14.2 Å². The van der Waals surface area contributed by atoms with E-state index >= 15 is 0 Å². The molecule has 0 saturated heterocycles. The molecular formula is C27H26BrNO6S. The quantitative estimate of drug-likeness (QED) is 0.393. The third kappa shape index (κ3) is 4.91. The molecule has 7 nitrogen and oxygen atoms in total. The first-order valence-corrected chi connectivity index (χ1v) is 13.4. The van der Waals surface area contributed by atoms with Gasteiger partial charge >= 0.3 is 5.97 Å². The van der Waals surface area contributed by atoms with Crippen LogP contribution in [-0.4, -0.2) is 38.0 Å². The first-order chi connectivity index (χ1) is 17.2. The van der Waals surface area contributed by atoms with E-state index in [1.165, 1.54) is 18.5 Å². The van der Waals surface area contributed by atoms with Crippen molar-refractivity contribution >= 4 is 31.9 Å². The van der Waals surface area contributed by atoms with Crippen LogP contribution in [-0.2, 0) is 14.8 Å². The number of hydrogen-bond donors (Lipinski definition) is 1. The number of aryl methyl sites for hydroxylation is 1. The monoisotopic (exact) mass is 571 g/mol. The van der Waals surface area contributed by atoms with Gasteiger partial charge in [0.1, 0.15) is 0 Å². The Balaban J connectivity index is 1.97. The molecule has 4 rings (SSSR count). The van der Waals surface area contributed by atoms with Crippen molar-refractivity contribution in [3.05, 3.63) is 99.5 Å². The Kier molecular flexibility index (Phi) is 7.54. The molecule has 0 bridgehead atoms. The first kappa shape index (κ1) is 25.9. The topological polar surface area (TPSA) is 93.1 Å². The molecule has 1 heterocycles. The van der Waals surface area contributed by atoms with Crippen LogP contribution in [0.4, 0.5) is 0 Å². The van der Waals surface area contributed by atoms with Crippen LogP contribution in [0.3, 0.4) is 0 Å². The molecule has 188 valence electrons. The average molecular weight is 572 g/mol. The summed E-state index contributed by atoms with van der Waals surface area (Å²) in [4.78, 5) is 12.4. The second-order valence-corrected chi connectivity index (χ2v) is 11.2. The van der Waals surface area contributed by atoms with E-state index < -0.39 is 28.1 Å². The van der Waals surface area contributed by atoms with E-state index in [9.17, 15) is 18.3 Å². The minimum atomic E-state index is -4.14. The number of nitrogens with zero attached hydrogens (tertiary/aromatic N) is 1. The molecule has 0 aliphatic carbocycles. The summed E-state index contributed by atoms with van der Waals surface area (Å²) in [5, 5.41) is 10.1. The zero-order chi connectivity index (χ0) is 26.0. The summed E-state index contributed by atoms with van der Waals surface area (Å²) in [6.07, 6.45) is 1.78. The summed E-state index contributed by atoms with van der Waals surface area (Å²) in [7, 11) is -1.10. The number of rotatable bonds is 7. The van der Waals surface area contributed by atoms with E-state index in [4.69, 9.17) is 9.47 Å². The van der Waals surface area contributed by atoms with Gasteiger partial charge in [0.05, 0.1) is 36.8 Å². The number of hydrogen-bond acceptors (Lipinski definition) is 5. The van der Waals surface area contributed by atoms with E-state index in [0.717, 1.165) is 10.0 Å². The van der Waals surface area contributed by atoms with E-state index in [0.29, 0.717) is 22.6 Å². The summed E-state index contributed by atoms with van der Waals surface area (Å²) in [5.74, 6) is -0.204. The third-order valence-electron chi connectivity index (χ3n) is 6.24. The number of carboxylic acid groups (broad SMARTS) is 1. The molecule has 3 aromatic carbocycles. The molecular weight excluding hydrogens is 546 g/mol. The fourth-order valence-corrected chi connectivity index (χ4v) is 6.47. The molecule has 1 N–H and O–H groups in total. The van der Waals surface area contributed by atoms with Gasteiger partial charge in [-0.15, -0.1) is 0 Å². The van der Waals surface area contributed by atoms with Crippen LogP contribution >= 0.6 is 15.9 Å². The molecule has 0 amide bonds. The number of carboxylic acids is 1. The fourth-order valence-electron chi connectivity index (χ4n) is 4.43. The Bertz CT molecular complexity index is 1400. The standard InChI is InChI=1S/C27H26BrNO6S/c1-17-4-11-21(12-5-17)36(32,33)29-23(19-8-15-24(34-2)25(16-19)35-3)14-13-22(27(30)31)26(29)18-6-9-20(28)10-7-18/h4-13,15-16,23,26H,14H2,1-3H3,(H,30,31)/t23-,26-/m0/s1. The largest absolute Gasteiger partial charge is 0.493 e. The van der Waals surface area contributed by atoms with Crippen LogP contribution in [0, 0.1) is 6.92 Å². The lowest BCUT2D eigenvalue weighted by atomic mass is 9.89. The summed E-state index contributed by atoms with van der Waals surface area (Å²) in [5.41, 5.74) is 2.13. The predicted octanol–water partition coefficient (Wildman–Crippen LogP) is 5.66. The van der Waals surface area contributed by atoms with Crippen molar-refractivity contribution in [3.8, 4) is 11.5 Å². The number of methoxy groups -OCH3 is 2. The van der Waals surface area contributed by atoms with Gasteiger partial charge in [0.25, 0.3) is 0 Å². The van der Waals surface area contributed by atoms with Crippen molar-refractivity contribution in [2.24, 2.45) is 0 Å². The Morgan fingerprint density at radius 1 is 0.944 bits per heavy atom. The lowest BCUT2D eigenvalue weighted by Crippen LogP contribution is -2.42. The molecule has 0 aromatic heterocycles. The van der Waals surface area contributed by atoms with Crippen molar-refractivity contribution in [3.63, 3.8) is 0 Å². The smallest absolute Gasteiger partial charge is 0.333 e. The molecule has 0 saturated carbocycles. The van der Waals surface area contributed by atoms with Crippen LogP contribution in [0.25, 0.3) is 0 Å². The summed E-state index contributed by atoms with van der Waals surface area (Å²) >= 11 is 3.40.